The molecule has 1 fully saturated rings. The second-order valence-corrected chi connectivity index (χ2v) is 7.55. The Morgan fingerprint density at radius 1 is 1.04 bits per heavy atom. The number of halogens is 3. The zero-order valence-corrected chi connectivity index (χ0v) is 16.3. The lowest BCUT2D eigenvalue weighted by atomic mass is 10.1. The Hall–Kier alpha value is -2.28. The van der Waals surface area contributed by atoms with Crippen LogP contribution < -0.4 is 10.6 Å². The van der Waals surface area contributed by atoms with E-state index in [-0.39, 0.29) is 33.4 Å². The summed E-state index contributed by atoms with van der Waals surface area (Å²) in [5, 5.41) is 5.24. The van der Waals surface area contributed by atoms with Crippen LogP contribution in [0, 0.1) is 24.5 Å². The quantitative estimate of drug-likeness (QED) is 0.672. The number of nitrogens with one attached hydrogen (secondary N) is 2. The summed E-state index contributed by atoms with van der Waals surface area (Å²) in [6.45, 7) is 1.59. The van der Waals surface area contributed by atoms with E-state index >= 15 is 0 Å². The first-order chi connectivity index (χ1) is 12.8. The molecule has 0 unspecified atom stereocenters. The molecule has 0 aliphatic heterocycles. The number of hydrogen-bond acceptors (Lipinski definition) is 2. The number of anilines is 2. The van der Waals surface area contributed by atoms with E-state index in [0.717, 1.165) is 31.7 Å². The number of rotatable bonds is 4. The molecule has 7 heteroatoms. The van der Waals surface area contributed by atoms with Gasteiger partial charge in [-0.15, -0.1) is 0 Å². The van der Waals surface area contributed by atoms with Crippen molar-refractivity contribution >= 4 is 39.1 Å². The monoisotopic (exact) mass is 436 g/mol. The largest absolute Gasteiger partial charge is 0.323 e. The minimum absolute atomic E-state index is 0.0319. The standard InChI is InChI=1S/C20H19BrF2N2O2/c1-11-8-13(6-7-16(11)22)24-20(27)14-9-18(17(23)10-15(14)21)25-19(26)12-4-2-3-5-12/h6-10,12H,2-5H2,1H3,(H,24,27)(H,25,26). The van der Waals surface area contributed by atoms with E-state index in [1.807, 2.05) is 0 Å². The van der Waals surface area contributed by atoms with Gasteiger partial charge in [0.1, 0.15) is 11.6 Å². The molecular weight excluding hydrogens is 418 g/mol. The molecule has 2 N–H and O–H groups in total. The van der Waals surface area contributed by atoms with Gasteiger partial charge in [0.05, 0.1) is 11.3 Å². The Balaban J connectivity index is 1.80. The highest BCUT2D eigenvalue weighted by atomic mass is 79.9. The lowest BCUT2D eigenvalue weighted by Crippen LogP contribution is -2.21. The number of carbonyl (C=O) groups excluding carboxylic acids is 2. The molecule has 2 aromatic rings. The van der Waals surface area contributed by atoms with Crippen molar-refractivity contribution in [3.63, 3.8) is 0 Å². The maximum atomic E-state index is 14.2. The highest BCUT2D eigenvalue weighted by Crippen LogP contribution is 2.29. The SMILES string of the molecule is Cc1cc(NC(=O)c2cc(NC(=O)C3CCCC3)c(F)cc2Br)ccc1F. The summed E-state index contributed by atoms with van der Waals surface area (Å²) >= 11 is 3.18. The number of carbonyl (C=O) groups is 2. The lowest BCUT2D eigenvalue weighted by molar-refractivity contribution is -0.119. The van der Waals surface area contributed by atoms with Crippen molar-refractivity contribution in [2.45, 2.75) is 32.6 Å². The van der Waals surface area contributed by atoms with Crippen LogP contribution in [0.15, 0.2) is 34.8 Å². The van der Waals surface area contributed by atoms with E-state index in [0.29, 0.717) is 11.3 Å². The van der Waals surface area contributed by atoms with Crippen molar-refractivity contribution in [3.8, 4) is 0 Å². The van der Waals surface area contributed by atoms with E-state index in [1.54, 1.807) is 6.92 Å². The van der Waals surface area contributed by atoms with Gasteiger partial charge in [0, 0.05) is 16.1 Å². The highest BCUT2D eigenvalue weighted by Gasteiger charge is 2.24. The van der Waals surface area contributed by atoms with E-state index in [9.17, 15) is 18.4 Å². The molecule has 1 saturated carbocycles. The van der Waals surface area contributed by atoms with Gasteiger partial charge in [0.2, 0.25) is 5.91 Å². The van der Waals surface area contributed by atoms with Gasteiger partial charge in [-0.1, -0.05) is 12.8 Å². The number of aryl methyl sites for hydroxylation is 1. The van der Waals surface area contributed by atoms with Crippen LogP contribution in [-0.2, 0) is 4.79 Å². The molecule has 0 heterocycles. The Labute approximate surface area is 164 Å². The maximum absolute atomic E-state index is 14.2. The minimum atomic E-state index is -0.623. The molecule has 0 saturated heterocycles. The Kier molecular flexibility index (Phi) is 5.89. The van der Waals surface area contributed by atoms with Crippen LogP contribution in [0.25, 0.3) is 0 Å². The molecule has 1 aliphatic rings. The molecule has 3 rings (SSSR count). The second-order valence-electron chi connectivity index (χ2n) is 6.70. The van der Waals surface area contributed by atoms with Gasteiger partial charge in [-0.3, -0.25) is 9.59 Å². The Bertz CT molecular complexity index is 896. The van der Waals surface area contributed by atoms with Crippen LogP contribution in [-0.4, -0.2) is 11.8 Å². The van der Waals surface area contributed by atoms with Gasteiger partial charge in [0.15, 0.2) is 0 Å². The summed E-state index contributed by atoms with van der Waals surface area (Å²) < 4.78 is 27.9. The van der Waals surface area contributed by atoms with Crippen molar-refractivity contribution in [2.75, 3.05) is 10.6 Å². The first kappa shape index (κ1) is 19.5. The summed E-state index contributed by atoms with van der Waals surface area (Å²) in [5.41, 5.74) is 0.956. The van der Waals surface area contributed by atoms with E-state index in [4.69, 9.17) is 0 Å². The normalized spacial score (nSPS) is 14.2. The van der Waals surface area contributed by atoms with E-state index < -0.39 is 11.7 Å². The third kappa shape index (κ3) is 4.53. The second kappa shape index (κ2) is 8.17. The van der Waals surface area contributed by atoms with Crippen LogP contribution >= 0.6 is 15.9 Å². The summed E-state index contributed by atoms with van der Waals surface area (Å²) in [5.74, 6) is -1.83. The van der Waals surface area contributed by atoms with Crippen LogP contribution in [0.2, 0.25) is 0 Å². The van der Waals surface area contributed by atoms with Gasteiger partial charge in [-0.2, -0.15) is 0 Å². The Morgan fingerprint density at radius 2 is 1.74 bits per heavy atom. The zero-order chi connectivity index (χ0) is 19.6. The van der Waals surface area contributed by atoms with Crippen molar-refractivity contribution in [1.82, 2.24) is 0 Å². The van der Waals surface area contributed by atoms with Crippen LogP contribution in [0.1, 0.15) is 41.6 Å². The Morgan fingerprint density at radius 3 is 2.41 bits per heavy atom. The van der Waals surface area contributed by atoms with Crippen LogP contribution in [0.4, 0.5) is 20.2 Å². The minimum Gasteiger partial charge on any atom is -0.323 e. The summed E-state index contributed by atoms with van der Waals surface area (Å²) in [4.78, 5) is 24.8. The van der Waals surface area contributed by atoms with E-state index in [2.05, 4.69) is 26.6 Å². The van der Waals surface area contributed by atoms with Gasteiger partial charge >= 0.3 is 0 Å². The molecule has 0 aromatic heterocycles. The third-order valence-corrected chi connectivity index (χ3v) is 5.36. The topological polar surface area (TPSA) is 58.2 Å². The smallest absolute Gasteiger partial charge is 0.256 e. The maximum Gasteiger partial charge on any atom is 0.256 e. The molecule has 0 atom stereocenters. The average Bonchev–Trinajstić information content (AvgIpc) is 3.15. The zero-order valence-electron chi connectivity index (χ0n) is 14.7. The fourth-order valence-electron chi connectivity index (χ4n) is 3.16. The van der Waals surface area contributed by atoms with E-state index in [1.165, 1.54) is 24.3 Å². The predicted octanol–water partition coefficient (Wildman–Crippen LogP) is 5.42. The molecule has 27 heavy (non-hydrogen) atoms. The molecule has 4 nitrogen and oxygen atoms in total. The first-order valence-corrected chi connectivity index (χ1v) is 9.52. The van der Waals surface area contributed by atoms with Crippen LogP contribution in [0.5, 0.6) is 0 Å². The highest BCUT2D eigenvalue weighted by molar-refractivity contribution is 9.10. The van der Waals surface area contributed by atoms with Crippen molar-refractivity contribution in [3.05, 3.63) is 57.6 Å². The molecular formula is C20H19BrF2N2O2. The molecule has 0 bridgehead atoms. The summed E-state index contributed by atoms with van der Waals surface area (Å²) in [7, 11) is 0. The summed E-state index contributed by atoms with van der Waals surface area (Å²) in [6, 6.07) is 6.67. The molecule has 142 valence electrons. The van der Waals surface area contributed by atoms with Crippen molar-refractivity contribution in [2.24, 2.45) is 5.92 Å². The van der Waals surface area contributed by atoms with Crippen molar-refractivity contribution < 1.29 is 18.4 Å². The van der Waals surface area contributed by atoms with Crippen molar-refractivity contribution in [1.29, 1.82) is 0 Å². The third-order valence-electron chi connectivity index (χ3n) is 4.70. The molecule has 2 aromatic carbocycles. The number of hydrogen-bond donors (Lipinski definition) is 2. The molecule has 0 spiro atoms. The van der Waals surface area contributed by atoms with Gasteiger partial charge < -0.3 is 10.6 Å². The summed E-state index contributed by atoms with van der Waals surface area (Å²) in [6.07, 6.45) is 3.57. The molecule has 2 amide bonds. The first-order valence-electron chi connectivity index (χ1n) is 8.72. The van der Waals surface area contributed by atoms with Crippen LogP contribution in [0.3, 0.4) is 0 Å². The average molecular weight is 437 g/mol. The van der Waals surface area contributed by atoms with Gasteiger partial charge in [-0.25, -0.2) is 8.78 Å². The number of benzene rings is 2. The lowest BCUT2D eigenvalue weighted by Gasteiger charge is -2.14. The molecule has 1 aliphatic carbocycles. The van der Waals surface area contributed by atoms with Gasteiger partial charge in [0.25, 0.3) is 5.91 Å². The fraction of sp³-hybridized carbons (Fsp3) is 0.300. The fourth-order valence-corrected chi connectivity index (χ4v) is 3.66. The number of amides is 2. The van der Waals surface area contributed by atoms with Gasteiger partial charge in [-0.05, 0) is 71.6 Å². The predicted molar refractivity (Wildman–Crippen MR) is 104 cm³/mol. The molecule has 0 radical (unpaired) electrons.